The fraction of sp³-hybridized carbons (Fsp3) is 0.812. The first kappa shape index (κ1) is 17.7. The Morgan fingerprint density at radius 3 is 2.57 bits per heavy atom. The van der Waals surface area contributed by atoms with Crippen LogP contribution in [0.15, 0.2) is 0 Å². The van der Waals surface area contributed by atoms with Gasteiger partial charge in [-0.15, -0.1) is 0 Å². The van der Waals surface area contributed by atoms with Crippen molar-refractivity contribution < 1.29 is 24.2 Å². The molecule has 7 nitrogen and oxygen atoms in total. The fourth-order valence-corrected chi connectivity index (χ4v) is 3.36. The van der Waals surface area contributed by atoms with Crippen molar-refractivity contribution in [2.75, 3.05) is 26.3 Å². The Hall–Kier alpha value is -1.63. The van der Waals surface area contributed by atoms with E-state index in [2.05, 4.69) is 5.32 Å². The number of carbonyl (C=O) groups excluding carboxylic acids is 2. The number of morpholine rings is 1. The molecule has 0 radical (unpaired) electrons. The molecule has 2 N–H and O–H groups in total. The molecule has 1 saturated heterocycles. The van der Waals surface area contributed by atoms with Crippen LogP contribution in [0.25, 0.3) is 0 Å². The first-order valence-electron chi connectivity index (χ1n) is 8.42. The lowest BCUT2D eigenvalue weighted by Crippen LogP contribution is -2.52. The lowest BCUT2D eigenvalue weighted by atomic mass is 9.87. The monoisotopic (exact) mass is 326 g/mol. The van der Waals surface area contributed by atoms with Gasteiger partial charge in [-0.05, 0) is 18.8 Å². The lowest BCUT2D eigenvalue weighted by molar-refractivity contribution is -0.146. The van der Waals surface area contributed by atoms with Gasteiger partial charge >= 0.3 is 5.97 Å². The average molecular weight is 326 g/mol. The maximum Gasteiger partial charge on any atom is 0.305 e. The topological polar surface area (TPSA) is 95.9 Å². The third-order valence-electron chi connectivity index (χ3n) is 4.59. The summed E-state index contributed by atoms with van der Waals surface area (Å²) in [7, 11) is 0. The van der Waals surface area contributed by atoms with Crippen LogP contribution in [0.1, 0.15) is 44.9 Å². The van der Waals surface area contributed by atoms with Crippen LogP contribution in [0.2, 0.25) is 0 Å². The smallest absolute Gasteiger partial charge is 0.305 e. The summed E-state index contributed by atoms with van der Waals surface area (Å²) >= 11 is 0. The van der Waals surface area contributed by atoms with Crippen molar-refractivity contribution in [2.24, 2.45) is 5.92 Å². The van der Waals surface area contributed by atoms with Crippen LogP contribution in [0, 0.1) is 5.92 Å². The highest BCUT2D eigenvalue weighted by Crippen LogP contribution is 2.26. The predicted octanol–water partition coefficient (Wildman–Crippen LogP) is 0.775. The van der Waals surface area contributed by atoms with Crippen molar-refractivity contribution in [3.05, 3.63) is 0 Å². The van der Waals surface area contributed by atoms with E-state index in [0.29, 0.717) is 25.5 Å². The molecule has 130 valence electrons. The molecule has 2 aliphatic rings. The van der Waals surface area contributed by atoms with Gasteiger partial charge in [0.2, 0.25) is 11.8 Å². The van der Waals surface area contributed by atoms with Crippen molar-refractivity contribution in [1.29, 1.82) is 0 Å². The van der Waals surface area contributed by atoms with Gasteiger partial charge in [0.15, 0.2) is 0 Å². The molecule has 1 atom stereocenters. The molecule has 1 saturated carbocycles. The van der Waals surface area contributed by atoms with Crippen molar-refractivity contribution in [3.63, 3.8) is 0 Å². The summed E-state index contributed by atoms with van der Waals surface area (Å²) in [6.45, 7) is 0.933. The van der Waals surface area contributed by atoms with Gasteiger partial charge in [-0.1, -0.05) is 19.3 Å². The number of carboxylic acid groups (broad SMARTS) is 1. The average Bonchev–Trinajstić information content (AvgIpc) is 2.53. The highest BCUT2D eigenvalue weighted by Gasteiger charge is 2.29. The molecular formula is C16H26N2O5. The van der Waals surface area contributed by atoms with E-state index in [1.807, 2.05) is 0 Å². The van der Waals surface area contributed by atoms with E-state index in [1.165, 1.54) is 24.2 Å². The summed E-state index contributed by atoms with van der Waals surface area (Å²) in [4.78, 5) is 36.6. The van der Waals surface area contributed by atoms with Gasteiger partial charge in [0, 0.05) is 13.0 Å². The van der Waals surface area contributed by atoms with Crippen molar-refractivity contribution in [3.8, 4) is 0 Å². The van der Waals surface area contributed by atoms with E-state index >= 15 is 0 Å². The summed E-state index contributed by atoms with van der Waals surface area (Å²) in [5.74, 6) is -0.855. The molecule has 0 aromatic heterocycles. The molecule has 0 aromatic carbocycles. The summed E-state index contributed by atoms with van der Waals surface area (Å²) in [6, 6.07) is -0.455. The standard InChI is InChI=1S/C16H26N2O5/c19-14(8-12-4-2-1-3-5-12)17-10-15(20)18-6-7-23-11-13(18)9-16(21)22/h12-13H,1-11H2,(H,17,19)(H,21,22). The number of hydrogen-bond donors (Lipinski definition) is 2. The maximum absolute atomic E-state index is 12.2. The number of aliphatic carboxylic acids is 1. The Bertz CT molecular complexity index is 434. The minimum atomic E-state index is -0.959. The molecule has 0 bridgehead atoms. The fourth-order valence-electron chi connectivity index (χ4n) is 3.36. The SMILES string of the molecule is O=C(O)CC1COCCN1C(=O)CNC(=O)CC1CCCCC1. The quantitative estimate of drug-likeness (QED) is 0.752. The molecular weight excluding hydrogens is 300 g/mol. The lowest BCUT2D eigenvalue weighted by Gasteiger charge is -2.35. The van der Waals surface area contributed by atoms with E-state index in [1.54, 1.807) is 0 Å². The number of nitrogens with one attached hydrogen (secondary N) is 1. The molecule has 7 heteroatoms. The van der Waals surface area contributed by atoms with Crippen LogP contribution in [0.4, 0.5) is 0 Å². The van der Waals surface area contributed by atoms with Gasteiger partial charge in [-0.25, -0.2) is 0 Å². The van der Waals surface area contributed by atoms with Gasteiger partial charge in [-0.3, -0.25) is 14.4 Å². The Labute approximate surface area is 136 Å². The molecule has 23 heavy (non-hydrogen) atoms. The number of amides is 2. The van der Waals surface area contributed by atoms with Crippen LogP contribution < -0.4 is 5.32 Å². The van der Waals surface area contributed by atoms with Gasteiger partial charge in [0.05, 0.1) is 32.2 Å². The van der Waals surface area contributed by atoms with Crippen molar-refractivity contribution in [2.45, 2.75) is 51.0 Å². The normalized spacial score (nSPS) is 22.6. The largest absolute Gasteiger partial charge is 0.481 e. The van der Waals surface area contributed by atoms with E-state index in [-0.39, 0.29) is 31.4 Å². The van der Waals surface area contributed by atoms with Crippen LogP contribution in [0.3, 0.4) is 0 Å². The summed E-state index contributed by atoms with van der Waals surface area (Å²) in [5, 5.41) is 11.6. The third kappa shape index (κ3) is 5.82. The van der Waals surface area contributed by atoms with Crippen molar-refractivity contribution in [1.82, 2.24) is 10.2 Å². The van der Waals surface area contributed by atoms with Crippen LogP contribution >= 0.6 is 0 Å². The molecule has 1 aliphatic heterocycles. The zero-order valence-electron chi connectivity index (χ0n) is 13.5. The number of carboxylic acids is 1. The Balaban J connectivity index is 1.75. The van der Waals surface area contributed by atoms with Gasteiger partial charge in [0.1, 0.15) is 0 Å². The van der Waals surface area contributed by atoms with Crippen molar-refractivity contribution >= 4 is 17.8 Å². The second-order valence-corrected chi connectivity index (χ2v) is 6.40. The first-order valence-corrected chi connectivity index (χ1v) is 8.42. The van der Waals surface area contributed by atoms with Crippen LogP contribution in [0.5, 0.6) is 0 Å². The Morgan fingerprint density at radius 2 is 1.87 bits per heavy atom. The van der Waals surface area contributed by atoms with Gasteiger partial charge in [0.25, 0.3) is 0 Å². The summed E-state index contributed by atoms with van der Waals surface area (Å²) in [5.41, 5.74) is 0. The molecule has 2 amide bonds. The Morgan fingerprint density at radius 1 is 1.13 bits per heavy atom. The second-order valence-electron chi connectivity index (χ2n) is 6.40. The Kier molecular flexibility index (Phi) is 6.83. The van der Waals surface area contributed by atoms with E-state index in [4.69, 9.17) is 9.84 Å². The molecule has 0 spiro atoms. The second kappa shape index (κ2) is 8.86. The number of rotatable bonds is 6. The molecule has 2 fully saturated rings. The molecule has 2 rings (SSSR count). The third-order valence-corrected chi connectivity index (χ3v) is 4.59. The molecule has 1 aliphatic carbocycles. The number of hydrogen-bond acceptors (Lipinski definition) is 4. The van der Waals surface area contributed by atoms with Gasteiger partial charge in [-0.2, -0.15) is 0 Å². The zero-order chi connectivity index (χ0) is 16.7. The number of nitrogens with zero attached hydrogens (tertiary/aromatic N) is 1. The van der Waals surface area contributed by atoms with E-state index in [0.717, 1.165) is 12.8 Å². The molecule has 0 aromatic rings. The predicted molar refractivity (Wildman–Crippen MR) is 82.8 cm³/mol. The molecule has 1 unspecified atom stereocenters. The number of ether oxygens (including phenoxy) is 1. The first-order chi connectivity index (χ1) is 11.1. The van der Waals surface area contributed by atoms with Gasteiger partial charge < -0.3 is 20.1 Å². The van der Waals surface area contributed by atoms with Crippen LogP contribution in [-0.4, -0.2) is 60.1 Å². The number of carbonyl (C=O) groups is 3. The summed E-state index contributed by atoms with van der Waals surface area (Å²) < 4.78 is 5.24. The van der Waals surface area contributed by atoms with E-state index < -0.39 is 12.0 Å². The maximum atomic E-state index is 12.2. The highest BCUT2D eigenvalue weighted by atomic mass is 16.5. The summed E-state index contributed by atoms with van der Waals surface area (Å²) in [6.07, 6.45) is 6.13. The zero-order valence-corrected chi connectivity index (χ0v) is 13.5. The van der Waals surface area contributed by atoms with E-state index in [9.17, 15) is 14.4 Å². The minimum Gasteiger partial charge on any atom is -0.481 e. The minimum absolute atomic E-state index is 0.0678. The van der Waals surface area contributed by atoms with Crippen LogP contribution in [-0.2, 0) is 19.1 Å². The highest BCUT2D eigenvalue weighted by molar-refractivity contribution is 5.85. The molecule has 1 heterocycles.